The van der Waals surface area contributed by atoms with Crippen LogP contribution in [0.15, 0.2) is 60.8 Å². The monoisotopic (exact) mass is 486 g/mol. The van der Waals surface area contributed by atoms with E-state index in [1.54, 1.807) is 0 Å². The van der Waals surface area contributed by atoms with Gasteiger partial charge in [0.15, 0.2) is 0 Å². The van der Waals surface area contributed by atoms with Crippen LogP contribution in [0.1, 0.15) is 18.2 Å². The maximum atomic E-state index is 3.49. The molecule has 1 nitrogen and oxygen atoms in total. The summed E-state index contributed by atoms with van der Waals surface area (Å²) in [4.78, 5) is 0. The van der Waals surface area contributed by atoms with Gasteiger partial charge in [-0.2, -0.15) is 54.1 Å². The van der Waals surface area contributed by atoms with Crippen molar-refractivity contribution in [2.45, 2.75) is 6.92 Å². The quantitative estimate of drug-likeness (QED) is 0.301. The summed E-state index contributed by atoms with van der Waals surface area (Å²) in [6, 6.07) is 27.6. The van der Waals surface area contributed by atoms with E-state index in [2.05, 4.69) is 35.8 Å². The molecule has 26 heavy (non-hydrogen) atoms. The van der Waals surface area contributed by atoms with Gasteiger partial charge in [0.25, 0.3) is 0 Å². The molecular formula is C22H19BNY2-. The molecule has 3 aromatic rings. The number of aryl methyl sites for hydroxylation is 1. The topological polar surface area (TPSA) is 3.88 Å². The molecule has 0 saturated heterocycles. The van der Waals surface area contributed by atoms with Crippen LogP contribution < -0.4 is 4.57 Å². The molecule has 0 fully saturated rings. The summed E-state index contributed by atoms with van der Waals surface area (Å²) in [5.41, 5.74) is 5.11. The van der Waals surface area contributed by atoms with Gasteiger partial charge in [0.1, 0.15) is 7.05 Å². The summed E-state index contributed by atoms with van der Waals surface area (Å²) in [6.07, 6.45) is 5.47. The normalized spacial score (nSPS) is 9.69. The van der Waals surface area contributed by atoms with Crippen LogP contribution in [0.25, 0.3) is 16.7 Å². The number of pyridine rings is 1. The summed E-state index contributed by atoms with van der Waals surface area (Å²) in [6.45, 7) is 2.05. The number of aromatic nitrogens is 1. The van der Waals surface area contributed by atoms with Gasteiger partial charge in [0.2, 0.25) is 0 Å². The van der Waals surface area contributed by atoms with Crippen molar-refractivity contribution in [3.8, 4) is 11.1 Å². The molecule has 0 unspecified atom stereocenters. The van der Waals surface area contributed by atoms with E-state index in [0.717, 1.165) is 28.0 Å². The third kappa shape index (κ3) is 6.97. The van der Waals surface area contributed by atoms with Crippen LogP contribution in [0.4, 0.5) is 0 Å². The van der Waals surface area contributed by atoms with Crippen molar-refractivity contribution in [2.75, 3.05) is 0 Å². The Hall–Kier alpha value is -0.397. The summed E-state index contributed by atoms with van der Waals surface area (Å²) in [7, 11) is 2.02. The number of hydrogen-bond donors (Lipinski definition) is 0. The molecule has 1 aromatic heterocycles. The number of allylic oxidation sites excluding steroid dienone is 1. The zero-order valence-electron chi connectivity index (χ0n) is 15.5. The Bertz CT molecular complexity index is 803. The van der Waals surface area contributed by atoms with E-state index in [9.17, 15) is 0 Å². The SMILES string of the molecule is CC(=[C-]c1c(-c2[c-]cccc2)[c-]cc[n+]1C)c1[c-]cccc1.[B].[CH3-].[Y+3].[Y]. The van der Waals surface area contributed by atoms with Crippen LogP contribution in [0.3, 0.4) is 0 Å². The van der Waals surface area contributed by atoms with Crippen molar-refractivity contribution in [3.05, 3.63) is 104 Å². The first kappa shape index (κ1) is 27.8. The number of rotatable bonds is 3. The van der Waals surface area contributed by atoms with Gasteiger partial charge in [0, 0.05) is 46.8 Å². The average molecular weight is 486 g/mol. The molecule has 1 heterocycles. The van der Waals surface area contributed by atoms with Crippen molar-refractivity contribution in [1.29, 1.82) is 0 Å². The molecule has 2 aromatic carbocycles. The van der Waals surface area contributed by atoms with Crippen molar-refractivity contribution >= 4 is 14.0 Å². The molecule has 0 aliphatic rings. The first-order valence-corrected chi connectivity index (χ1v) is 7.21. The first-order valence-electron chi connectivity index (χ1n) is 7.21. The average Bonchev–Trinajstić information content (AvgIpc) is 2.58. The summed E-state index contributed by atoms with van der Waals surface area (Å²) < 4.78 is 2.05. The molecule has 0 bridgehead atoms. The van der Waals surface area contributed by atoms with Gasteiger partial charge in [-0.25, -0.2) is 28.8 Å². The fourth-order valence-electron chi connectivity index (χ4n) is 2.33. The van der Waals surface area contributed by atoms with E-state index in [1.807, 2.05) is 67.8 Å². The third-order valence-corrected chi connectivity index (χ3v) is 3.51. The second-order valence-electron chi connectivity index (χ2n) is 5.10. The predicted molar refractivity (Wildman–Crippen MR) is 99.6 cm³/mol. The number of hydrogen-bond acceptors (Lipinski definition) is 0. The summed E-state index contributed by atoms with van der Waals surface area (Å²) >= 11 is 0. The largest absolute Gasteiger partial charge is 3.00 e. The van der Waals surface area contributed by atoms with Crippen LogP contribution in [-0.2, 0) is 72.5 Å². The Morgan fingerprint density at radius 3 is 2.19 bits per heavy atom. The molecule has 0 aliphatic carbocycles. The Labute approximate surface area is 210 Å². The van der Waals surface area contributed by atoms with Gasteiger partial charge >= 0.3 is 32.7 Å². The maximum Gasteiger partial charge on any atom is 3.00 e. The summed E-state index contributed by atoms with van der Waals surface area (Å²) in [5.74, 6) is 0. The van der Waals surface area contributed by atoms with Crippen molar-refractivity contribution in [1.82, 2.24) is 0 Å². The molecule has 0 spiro atoms. The minimum Gasteiger partial charge on any atom is -0.358 e. The second kappa shape index (κ2) is 13.7. The molecule has 4 heteroatoms. The van der Waals surface area contributed by atoms with Gasteiger partial charge in [-0.3, -0.25) is 0 Å². The van der Waals surface area contributed by atoms with Crippen LogP contribution in [0.5, 0.6) is 0 Å². The van der Waals surface area contributed by atoms with Crippen LogP contribution in [0, 0.1) is 31.7 Å². The molecule has 0 atom stereocenters. The van der Waals surface area contributed by atoms with E-state index in [-0.39, 0.29) is 81.3 Å². The zero-order valence-corrected chi connectivity index (χ0v) is 21.1. The Morgan fingerprint density at radius 1 is 0.962 bits per heavy atom. The number of benzene rings is 2. The predicted octanol–water partition coefficient (Wildman–Crippen LogP) is 3.90. The van der Waals surface area contributed by atoms with Crippen molar-refractivity contribution < 1.29 is 70.0 Å². The molecular weight excluding hydrogens is 467 g/mol. The van der Waals surface area contributed by atoms with E-state index < -0.39 is 0 Å². The fraction of sp³-hybridized carbons (Fsp3) is 0.0909. The van der Waals surface area contributed by atoms with Crippen molar-refractivity contribution in [2.24, 2.45) is 7.05 Å². The Balaban J connectivity index is 0. The van der Waals surface area contributed by atoms with Crippen LogP contribution in [-0.4, -0.2) is 8.41 Å². The van der Waals surface area contributed by atoms with Gasteiger partial charge in [0.05, 0.1) is 6.20 Å². The maximum absolute atomic E-state index is 3.49. The Morgan fingerprint density at radius 2 is 1.62 bits per heavy atom. The van der Waals surface area contributed by atoms with E-state index in [4.69, 9.17) is 0 Å². The summed E-state index contributed by atoms with van der Waals surface area (Å²) in [5, 5.41) is 0. The minimum atomic E-state index is 0. The van der Waals surface area contributed by atoms with E-state index >= 15 is 0 Å². The molecule has 0 N–H and O–H groups in total. The zero-order chi connectivity index (χ0) is 15.4. The fourth-order valence-corrected chi connectivity index (χ4v) is 2.33. The smallest absolute Gasteiger partial charge is 0.358 e. The molecule has 0 saturated carbocycles. The molecule has 3 rings (SSSR count). The van der Waals surface area contributed by atoms with E-state index in [0.29, 0.717) is 0 Å². The second-order valence-corrected chi connectivity index (χ2v) is 5.10. The molecule has 4 radical (unpaired) electrons. The number of nitrogens with zero attached hydrogens (tertiary/aromatic N) is 1. The van der Waals surface area contributed by atoms with Gasteiger partial charge in [-0.05, 0) is 0 Å². The molecule has 122 valence electrons. The third-order valence-electron chi connectivity index (χ3n) is 3.51. The standard InChI is InChI=1S/C21H16N.CH3.B.2Y/c1-17(18-10-5-3-6-11-18)16-21-20(14-9-15-22(21)2)19-12-7-4-8-13-19;;;;/h3-10,12,15H,1-2H3;1H3;;;/q-3;-1;;;+3. The molecule has 0 amide bonds. The Kier molecular flexibility index (Phi) is 14.7. The van der Waals surface area contributed by atoms with Gasteiger partial charge in [-0.1, -0.05) is 13.0 Å². The van der Waals surface area contributed by atoms with E-state index in [1.165, 1.54) is 0 Å². The minimum absolute atomic E-state index is 0. The van der Waals surface area contributed by atoms with Crippen molar-refractivity contribution in [3.63, 3.8) is 0 Å². The first-order chi connectivity index (χ1) is 10.8. The van der Waals surface area contributed by atoms with Crippen LogP contribution >= 0.6 is 0 Å². The van der Waals surface area contributed by atoms with Gasteiger partial charge < -0.3 is 12.0 Å². The van der Waals surface area contributed by atoms with Gasteiger partial charge in [-0.15, -0.1) is 12.1 Å². The molecule has 0 aliphatic heterocycles. The van der Waals surface area contributed by atoms with Crippen LogP contribution in [0.2, 0.25) is 0 Å².